The Hall–Kier alpha value is -2.23. The Morgan fingerprint density at radius 1 is 1.27 bits per heavy atom. The first-order chi connectivity index (χ1) is 12.4. The molecule has 1 fully saturated rings. The van der Waals surface area contributed by atoms with Gasteiger partial charge in [-0.25, -0.2) is 4.79 Å². The summed E-state index contributed by atoms with van der Waals surface area (Å²) in [6, 6.07) is 8.48. The number of thiophene rings is 1. The van der Waals surface area contributed by atoms with Gasteiger partial charge in [-0.3, -0.25) is 14.5 Å². The molecule has 9 heteroatoms. The first kappa shape index (κ1) is 18.6. The van der Waals surface area contributed by atoms with Gasteiger partial charge in [0.2, 0.25) is 0 Å². The van der Waals surface area contributed by atoms with Crippen LogP contribution in [-0.4, -0.2) is 43.3 Å². The maximum Gasteiger partial charge on any atom is 0.326 e. The number of thiocarbonyl (C=S) groups is 1. The van der Waals surface area contributed by atoms with Gasteiger partial charge in [0.25, 0.3) is 5.91 Å². The monoisotopic (exact) mass is 407 g/mol. The molecule has 2 N–H and O–H groups in total. The summed E-state index contributed by atoms with van der Waals surface area (Å²) in [5, 5.41) is 19.2. The predicted octanol–water partition coefficient (Wildman–Crippen LogP) is 3.42. The molecule has 134 valence electrons. The Balaban J connectivity index is 1.87. The van der Waals surface area contributed by atoms with Crippen molar-refractivity contribution in [3.8, 4) is 0 Å². The van der Waals surface area contributed by atoms with Crippen LogP contribution >= 0.6 is 35.3 Å². The van der Waals surface area contributed by atoms with Crippen molar-refractivity contribution in [2.75, 3.05) is 0 Å². The van der Waals surface area contributed by atoms with Crippen molar-refractivity contribution in [2.45, 2.75) is 18.9 Å². The van der Waals surface area contributed by atoms with E-state index in [0.717, 1.165) is 31.6 Å². The van der Waals surface area contributed by atoms with Crippen molar-refractivity contribution in [3.05, 3.63) is 40.1 Å². The van der Waals surface area contributed by atoms with Crippen LogP contribution in [0.5, 0.6) is 0 Å². The van der Waals surface area contributed by atoms with Crippen LogP contribution in [-0.2, 0) is 14.4 Å². The fourth-order valence-corrected chi connectivity index (χ4v) is 5.00. The van der Waals surface area contributed by atoms with Crippen molar-refractivity contribution in [1.82, 2.24) is 4.90 Å². The summed E-state index contributed by atoms with van der Waals surface area (Å²) in [6.07, 6.45) is 1.14. The Labute approximate surface area is 162 Å². The van der Waals surface area contributed by atoms with E-state index in [0.29, 0.717) is 4.91 Å². The minimum absolute atomic E-state index is 0.125. The third-order valence-corrected chi connectivity index (χ3v) is 6.16. The average molecular weight is 407 g/mol. The zero-order valence-corrected chi connectivity index (χ0v) is 15.7. The highest BCUT2D eigenvalue weighted by molar-refractivity contribution is 8.26. The van der Waals surface area contributed by atoms with Crippen LogP contribution in [0.4, 0.5) is 0 Å². The highest BCUT2D eigenvalue weighted by Crippen LogP contribution is 2.36. The van der Waals surface area contributed by atoms with Crippen LogP contribution in [0.15, 0.2) is 35.2 Å². The summed E-state index contributed by atoms with van der Waals surface area (Å²) in [6.45, 7) is 0. The van der Waals surface area contributed by atoms with Crippen LogP contribution in [0.1, 0.15) is 17.7 Å². The number of carbonyl (C=O) groups excluding carboxylic acids is 1. The molecule has 1 aliphatic heterocycles. The van der Waals surface area contributed by atoms with E-state index >= 15 is 0 Å². The van der Waals surface area contributed by atoms with E-state index in [4.69, 9.17) is 17.3 Å². The van der Waals surface area contributed by atoms with Gasteiger partial charge in [-0.15, -0.1) is 11.3 Å². The molecule has 1 aromatic heterocycles. The number of hydrogen-bond donors (Lipinski definition) is 2. The molecule has 0 spiro atoms. The van der Waals surface area contributed by atoms with E-state index < -0.39 is 23.9 Å². The number of amides is 1. The summed E-state index contributed by atoms with van der Waals surface area (Å²) in [7, 11) is 0. The molecular weight excluding hydrogens is 394 g/mol. The number of nitrogens with zero attached hydrogens (tertiary/aromatic N) is 1. The molecule has 3 rings (SSSR count). The molecule has 1 amide bonds. The number of thioether (sulfide) groups is 1. The molecule has 1 atom stereocenters. The molecule has 0 aliphatic carbocycles. The number of carboxylic acid groups (broad SMARTS) is 2. The van der Waals surface area contributed by atoms with Gasteiger partial charge in [0.1, 0.15) is 10.4 Å². The van der Waals surface area contributed by atoms with Gasteiger partial charge in [-0.05, 0) is 30.0 Å². The first-order valence-corrected chi connectivity index (χ1v) is 9.61. The topological polar surface area (TPSA) is 94.9 Å². The van der Waals surface area contributed by atoms with Gasteiger partial charge < -0.3 is 10.2 Å². The number of carbonyl (C=O) groups is 3. The summed E-state index contributed by atoms with van der Waals surface area (Å²) >= 11 is 7.72. The Bertz CT molecular complexity index is 916. The number of benzene rings is 1. The maximum atomic E-state index is 12.7. The summed E-state index contributed by atoms with van der Waals surface area (Å²) < 4.78 is 1.21. The lowest BCUT2D eigenvalue weighted by molar-refractivity contribution is -0.146. The van der Waals surface area contributed by atoms with E-state index in [1.807, 2.05) is 30.3 Å². The summed E-state index contributed by atoms with van der Waals surface area (Å²) in [5.74, 6) is -2.90. The fourth-order valence-electron chi connectivity index (χ4n) is 2.57. The Morgan fingerprint density at radius 2 is 2.00 bits per heavy atom. The van der Waals surface area contributed by atoms with E-state index in [1.54, 1.807) is 6.08 Å². The van der Waals surface area contributed by atoms with Crippen molar-refractivity contribution in [1.29, 1.82) is 0 Å². The van der Waals surface area contributed by atoms with Crippen LogP contribution in [0.2, 0.25) is 0 Å². The second-order valence-corrected chi connectivity index (χ2v) is 8.32. The van der Waals surface area contributed by atoms with Crippen LogP contribution in [0.25, 0.3) is 16.2 Å². The minimum atomic E-state index is -1.29. The van der Waals surface area contributed by atoms with E-state index in [1.165, 1.54) is 11.3 Å². The number of hydrogen-bond acceptors (Lipinski definition) is 6. The lowest BCUT2D eigenvalue weighted by Gasteiger charge is -2.22. The SMILES string of the molecule is O=C(O)CCC(C(=O)O)N1C(=O)C(=Cc2cc3ccccc3s2)SC1=S. The van der Waals surface area contributed by atoms with Crippen LogP contribution in [0.3, 0.4) is 0 Å². The largest absolute Gasteiger partial charge is 0.481 e. The molecule has 6 nitrogen and oxygen atoms in total. The highest BCUT2D eigenvalue weighted by atomic mass is 32.2. The highest BCUT2D eigenvalue weighted by Gasteiger charge is 2.40. The van der Waals surface area contributed by atoms with Gasteiger partial charge in [-0.1, -0.05) is 42.2 Å². The van der Waals surface area contributed by atoms with Crippen molar-refractivity contribution in [3.63, 3.8) is 0 Å². The van der Waals surface area contributed by atoms with Crippen molar-refractivity contribution >= 4 is 73.6 Å². The van der Waals surface area contributed by atoms with Gasteiger partial charge in [0, 0.05) is 16.0 Å². The molecule has 1 aromatic carbocycles. The second kappa shape index (κ2) is 7.56. The molecular formula is C17H13NO5S3. The van der Waals surface area contributed by atoms with Crippen molar-refractivity contribution in [2.24, 2.45) is 0 Å². The van der Waals surface area contributed by atoms with Gasteiger partial charge in [0.15, 0.2) is 0 Å². The third-order valence-electron chi connectivity index (χ3n) is 3.77. The maximum absolute atomic E-state index is 12.7. The Morgan fingerprint density at radius 3 is 2.65 bits per heavy atom. The average Bonchev–Trinajstić information content (AvgIpc) is 3.09. The lowest BCUT2D eigenvalue weighted by Crippen LogP contribution is -2.44. The van der Waals surface area contributed by atoms with Gasteiger partial charge in [-0.2, -0.15) is 0 Å². The molecule has 1 saturated heterocycles. The first-order valence-electron chi connectivity index (χ1n) is 7.57. The number of carboxylic acids is 2. The molecule has 1 aliphatic rings. The number of fused-ring (bicyclic) bond motifs is 1. The van der Waals surface area contributed by atoms with Crippen LogP contribution in [0, 0.1) is 0 Å². The molecule has 2 heterocycles. The lowest BCUT2D eigenvalue weighted by atomic mass is 10.1. The molecule has 2 aromatic rings. The van der Waals surface area contributed by atoms with E-state index in [-0.39, 0.29) is 17.2 Å². The predicted molar refractivity (Wildman–Crippen MR) is 105 cm³/mol. The number of rotatable bonds is 6. The summed E-state index contributed by atoms with van der Waals surface area (Å²) in [5.41, 5.74) is 0. The Kier molecular flexibility index (Phi) is 5.40. The van der Waals surface area contributed by atoms with E-state index in [2.05, 4.69) is 0 Å². The quantitative estimate of drug-likeness (QED) is 0.560. The van der Waals surface area contributed by atoms with E-state index in [9.17, 15) is 19.5 Å². The second-order valence-electron chi connectivity index (χ2n) is 5.52. The molecule has 0 saturated carbocycles. The van der Waals surface area contributed by atoms with Gasteiger partial charge >= 0.3 is 11.9 Å². The van der Waals surface area contributed by atoms with Crippen LogP contribution < -0.4 is 0 Å². The molecule has 26 heavy (non-hydrogen) atoms. The van der Waals surface area contributed by atoms with Crippen molar-refractivity contribution < 1.29 is 24.6 Å². The molecule has 1 unspecified atom stereocenters. The fraction of sp³-hybridized carbons (Fsp3) is 0.176. The minimum Gasteiger partial charge on any atom is -0.481 e. The smallest absolute Gasteiger partial charge is 0.326 e. The van der Waals surface area contributed by atoms with Gasteiger partial charge in [0.05, 0.1) is 4.91 Å². The zero-order valence-electron chi connectivity index (χ0n) is 13.2. The number of aliphatic carboxylic acids is 2. The zero-order chi connectivity index (χ0) is 18.8. The molecule has 0 radical (unpaired) electrons. The third kappa shape index (κ3) is 3.79. The molecule has 0 bridgehead atoms. The summed E-state index contributed by atoms with van der Waals surface area (Å²) in [4.78, 5) is 37.1. The standard InChI is InChI=1S/C17H13NO5S3/c19-14(20)6-5-11(16(22)23)18-15(21)13(26-17(18)24)8-10-7-9-3-1-2-4-12(9)25-10/h1-4,7-8,11H,5-6H2,(H,19,20)(H,22,23). The normalized spacial score (nSPS) is 17.2.